The lowest BCUT2D eigenvalue weighted by molar-refractivity contribution is -0.147. The molecule has 0 bridgehead atoms. The predicted molar refractivity (Wildman–Crippen MR) is 72.6 cm³/mol. The van der Waals surface area contributed by atoms with Gasteiger partial charge in [-0.15, -0.1) is 0 Å². The molecular formula is C13H24N2O5. The molecule has 0 spiro atoms. The number of ether oxygens (including phenoxy) is 2. The minimum absolute atomic E-state index is 0.101. The standard InChI is InChI=1S/C13H24N2O5/c1-5-13(2,11(16)17)8-14-12(18)15-6-9(19-3)10(7-15)20-4/h9-10H,5-8H2,1-4H3,(H,14,18)(H,16,17). The van der Waals surface area contributed by atoms with Crippen molar-refractivity contribution in [2.24, 2.45) is 5.41 Å². The fraction of sp³-hybridized carbons (Fsp3) is 0.846. The molecule has 0 aromatic heterocycles. The summed E-state index contributed by atoms with van der Waals surface area (Å²) in [4.78, 5) is 24.8. The number of nitrogens with zero attached hydrogens (tertiary/aromatic N) is 1. The molecular weight excluding hydrogens is 264 g/mol. The number of amides is 2. The van der Waals surface area contributed by atoms with Gasteiger partial charge in [-0.1, -0.05) is 6.92 Å². The van der Waals surface area contributed by atoms with Crippen LogP contribution in [0.25, 0.3) is 0 Å². The molecule has 1 aliphatic heterocycles. The highest BCUT2D eigenvalue weighted by molar-refractivity contribution is 5.78. The van der Waals surface area contributed by atoms with Crippen molar-refractivity contribution in [3.8, 4) is 0 Å². The highest BCUT2D eigenvalue weighted by Crippen LogP contribution is 2.21. The Morgan fingerprint density at radius 1 is 1.30 bits per heavy atom. The van der Waals surface area contributed by atoms with Gasteiger partial charge in [0.25, 0.3) is 0 Å². The van der Waals surface area contributed by atoms with E-state index in [1.807, 2.05) is 0 Å². The number of methoxy groups -OCH3 is 2. The molecule has 1 heterocycles. The van der Waals surface area contributed by atoms with Gasteiger partial charge in [0.05, 0.1) is 18.5 Å². The Morgan fingerprint density at radius 3 is 2.15 bits per heavy atom. The Hall–Kier alpha value is -1.34. The zero-order valence-corrected chi connectivity index (χ0v) is 12.5. The Labute approximate surface area is 119 Å². The highest BCUT2D eigenvalue weighted by Gasteiger charge is 2.37. The number of hydrogen-bond donors (Lipinski definition) is 2. The van der Waals surface area contributed by atoms with Gasteiger partial charge in [0.15, 0.2) is 0 Å². The molecule has 20 heavy (non-hydrogen) atoms. The van der Waals surface area contributed by atoms with Crippen LogP contribution in [0.4, 0.5) is 4.79 Å². The quantitative estimate of drug-likeness (QED) is 0.745. The highest BCUT2D eigenvalue weighted by atomic mass is 16.5. The van der Waals surface area contributed by atoms with E-state index in [2.05, 4.69) is 5.32 Å². The molecule has 0 aromatic carbocycles. The van der Waals surface area contributed by atoms with Crippen LogP contribution in [0.1, 0.15) is 20.3 Å². The minimum Gasteiger partial charge on any atom is -0.481 e. The van der Waals surface area contributed by atoms with Gasteiger partial charge in [-0.05, 0) is 13.3 Å². The summed E-state index contributed by atoms with van der Waals surface area (Å²) in [6, 6.07) is -0.285. The number of rotatable bonds is 6. The Balaban J connectivity index is 2.54. The number of carboxylic acid groups (broad SMARTS) is 1. The van der Waals surface area contributed by atoms with Crippen molar-refractivity contribution in [3.05, 3.63) is 0 Å². The number of aliphatic carboxylic acids is 1. The van der Waals surface area contributed by atoms with Gasteiger partial charge in [0.2, 0.25) is 0 Å². The van der Waals surface area contributed by atoms with Gasteiger partial charge in [-0.25, -0.2) is 4.79 Å². The summed E-state index contributed by atoms with van der Waals surface area (Å²) in [6.07, 6.45) is 0.148. The van der Waals surface area contributed by atoms with Gasteiger partial charge in [-0.3, -0.25) is 4.79 Å². The molecule has 2 N–H and O–H groups in total. The van der Waals surface area contributed by atoms with Crippen LogP contribution in [0.15, 0.2) is 0 Å². The first-order valence-electron chi connectivity index (χ1n) is 6.69. The smallest absolute Gasteiger partial charge is 0.317 e. The normalized spacial score (nSPS) is 25.3. The summed E-state index contributed by atoms with van der Waals surface area (Å²) in [5, 5.41) is 11.8. The van der Waals surface area contributed by atoms with Gasteiger partial charge >= 0.3 is 12.0 Å². The summed E-state index contributed by atoms with van der Waals surface area (Å²) >= 11 is 0. The van der Waals surface area contributed by atoms with Crippen molar-refractivity contribution in [1.82, 2.24) is 10.2 Å². The second-order valence-corrected chi connectivity index (χ2v) is 5.33. The predicted octanol–water partition coefficient (Wildman–Crippen LogP) is 0.543. The number of carbonyl (C=O) groups is 2. The van der Waals surface area contributed by atoms with E-state index in [1.165, 1.54) is 0 Å². The third-order valence-corrected chi connectivity index (χ3v) is 4.03. The zero-order valence-electron chi connectivity index (χ0n) is 12.5. The third-order valence-electron chi connectivity index (χ3n) is 4.03. The van der Waals surface area contributed by atoms with E-state index in [1.54, 1.807) is 33.0 Å². The van der Waals surface area contributed by atoms with Gasteiger partial charge < -0.3 is 24.8 Å². The van der Waals surface area contributed by atoms with Crippen LogP contribution in [0, 0.1) is 5.41 Å². The zero-order chi connectivity index (χ0) is 15.3. The van der Waals surface area contributed by atoms with Crippen molar-refractivity contribution < 1.29 is 24.2 Å². The molecule has 1 rings (SSSR count). The van der Waals surface area contributed by atoms with E-state index in [0.717, 1.165) is 0 Å². The van der Waals surface area contributed by atoms with Crippen LogP contribution >= 0.6 is 0 Å². The number of hydrogen-bond acceptors (Lipinski definition) is 4. The maximum absolute atomic E-state index is 12.1. The summed E-state index contributed by atoms with van der Waals surface area (Å²) in [5.74, 6) is -0.911. The summed E-state index contributed by atoms with van der Waals surface area (Å²) < 4.78 is 10.5. The van der Waals surface area contributed by atoms with E-state index in [-0.39, 0.29) is 24.8 Å². The Kier molecular flexibility index (Phi) is 5.76. The van der Waals surface area contributed by atoms with Crippen molar-refractivity contribution in [2.75, 3.05) is 33.9 Å². The number of likely N-dealkylation sites (tertiary alicyclic amines) is 1. The summed E-state index contributed by atoms with van der Waals surface area (Å²) in [6.45, 7) is 4.39. The molecule has 1 saturated heterocycles. The first kappa shape index (κ1) is 16.7. The SMILES string of the molecule is CCC(C)(CNC(=O)N1CC(OC)C(OC)C1)C(=O)O. The molecule has 1 fully saturated rings. The van der Waals surface area contributed by atoms with Crippen LogP contribution in [-0.4, -0.2) is 68.1 Å². The first-order valence-corrected chi connectivity index (χ1v) is 6.69. The lowest BCUT2D eigenvalue weighted by Gasteiger charge is -2.25. The molecule has 0 radical (unpaired) electrons. The maximum Gasteiger partial charge on any atom is 0.317 e. The second kappa shape index (κ2) is 6.90. The van der Waals surface area contributed by atoms with E-state index in [4.69, 9.17) is 14.6 Å². The molecule has 0 saturated carbocycles. The summed E-state index contributed by atoms with van der Waals surface area (Å²) in [7, 11) is 3.16. The lowest BCUT2D eigenvalue weighted by atomic mass is 9.88. The molecule has 2 amide bonds. The van der Waals surface area contributed by atoms with Crippen LogP contribution in [0.2, 0.25) is 0 Å². The third kappa shape index (κ3) is 3.61. The van der Waals surface area contributed by atoms with Crippen molar-refractivity contribution >= 4 is 12.0 Å². The number of nitrogens with one attached hydrogen (secondary N) is 1. The molecule has 0 aliphatic carbocycles. The molecule has 3 atom stereocenters. The molecule has 116 valence electrons. The maximum atomic E-state index is 12.1. The monoisotopic (exact) mass is 288 g/mol. The Morgan fingerprint density at radius 2 is 1.80 bits per heavy atom. The van der Waals surface area contributed by atoms with Crippen LogP contribution in [0.3, 0.4) is 0 Å². The fourth-order valence-corrected chi connectivity index (χ4v) is 2.10. The number of carboxylic acids is 1. The van der Waals surface area contributed by atoms with Crippen LogP contribution < -0.4 is 5.32 Å². The van der Waals surface area contributed by atoms with E-state index in [9.17, 15) is 9.59 Å². The molecule has 3 unspecified atom stereocenters. The van der Waals surface area contributed by atoms with E-state index < -0.39 is 11.4 Å². The largest absolute Gasteiger partial charge is 0.481 e. The topological polar surface area (TPSA) is 88.1 Å². The van der Waals surface area contributed by atoms with Gasteiger partial charge in [0, 0.05) is 20.8 Å². The average molecular weight is 288 g/mol. The fourth-order valence-electron chi connectivity index (χ4n) is 2.10. The summed E-state index contributed by atoms with van der Waals surface area (Å²) in [5.41, 5.74) is -0.948. The van der Waals surface area contributed by atoms with E-state index in [0.29, 0.717) is 19.5 Å². The van der Waals surface area contributed by atoms with Gasteiger partial charge in [0.1, 0.15) is 12.2 Å². The average Bonchev–Trinajstić information content (AvgIpc) is 2.87. The minimum atomic E-state index is -0.948. The van der Waals surface area contributed by atoms with Crippen molar-refractivity contribution in [1.29, 1.82) is 0 Å². The lowest BCUT2D eigenvalue weighted by Crippen LogP contribution is -2.46. The van der Waals surface area contributed by atoms with Gasteiger partial charge in [-0.2, -0.15) is 0 Å². The van der Waals surface area contributed by atoms with Crippen molar-refractivity contribution in [3.63, 3.8) is 0 Å². The molecule has 0 aromatic rings. The molecule has 7 heteroatoms. The van der Waals surface area contributed by atoms with E-state index >= 15 is 0 Å². The number of urea groups is 1. The van der Waals surface area contributed by atoms with Crippen LogP contribution in [0.5, 0.6) is 0 Å². The molecule has 7 nitrogen and oxygen atoms in total. The van der Waals surface area contributed by atoms with Crippen LogP contribution in [-0.2, 0) is 14.3 Å². The second-order valence-electron chi connectivity index (χ2n) is 5.33. The first-order chi connectivity index (χ1) is 9.37. The Bertz CT molecular complexity index is 351. The molecule has 1 aliphatic rings. The number of carbonyl (C=O) groups excluding carboxylic acids is 1. The van der Waals surface area contributed by atoms with Crippen molar-refractivity contribution in [2.45, 2.75) is 32.5 Å².